The van der Waals surface area contributed by atoms with E-state index < -0.39 is 10.0 Å². The molecule has 0 bridgehead atoms. The van der Waals surface area contributed by atoms with Crippen LogP contribution in [-0.2, 0) is 10.0 Å². The quantitative estimate of drug-likeness (QED) is 0.759. The van der Waals surface area contributed by atoms with Crippen LogP contribution < -0.4 is 5.32 Å². The van der Waals surface area contributed by atoms with Gasteiger partial charge in [-0.25, -0.2) is 8.42 Å². The molecule has 0 aromatic heterocycles. The minimum absolute atomic E-state index is 0.347. The predicted octanol–water partition coefficient (Wildman–Crippen LogP) is 0.307. The summed E-state index contributed by atoms with van der Waals surface area (Å²) in [5.74, 6) is 0. The predicted molar refractivity (Wildman–Crippen MR) is 60.4 cm³/mol. The average Bonchev–Trinajstić information content (AvgIpc) is 2.60. The molecule has 0 saturated carbocycles. The normalized spacial score (nSPS) is 27.8. The molecular formula is C9H16N4O2S. The number of nitrogens with one attached hydrogen (secondary N) is 1. The summed E-state index contributed by atoms with van der Waals surface area (Å²) in [4.78, 5) is 0.356. The Labute approximate surface area is 95.5 Å². The van der Waals surface area contributed by atoms with Crippen molar-refractivity contribution < 1.29 is 8.42 Å². The van der Waals surface area contributed by atoms with E-state index >= 15 is 0 Å². The van der Waals surface area contributed by atoms with E-state index in [1.807, 2.05) is 0 Å². The van der Waals surface area contributed by atoms with Gasteiger partial charge in [0.25, 0.3) is 0 Å². The van der Waals surface area contributed by atoms with Gasteiger partial charge < -0.3 is 5.32 Å². The summed E-state index contributed by atoms with van der Waals surface area (Å²) >= 11 is 0. The number of piperazine rings is 1. The molecule has 1 fully saturated rings. The number of rotatable bonds is 2. The Morgan fingerprint density at radius 3 is 2.50 bits per heavy atom. The number of hydrogen-bond donors (Lipinski definition) is 1. The smallest absolute Gasteiger partial charge is 0.243 e. The molecule has 16 heavy (non-hydrogen) atoms. The first-order valence-electron chi connectivity index (χ1n) is 5.36. The SMILES string of the molecule is CC1=C(S(=O)(=O)N2CCNCC2)[C@@H](C)N=N1. The molecule has 0 aliphatic carbocycles. The van der Waals surface area contributed by atoms with E-state index in [4.69, 9.17) is 0 Å². The second kappa shape index (κ2) is 4.23. The Bertz CT molecular complexity index is 434. The first kappa shape index (κ1) is 11.7. The van der Waals surface area contributed by atoms with Crippen molar-refractivity contribution >= 4 is 10.0 Å². The molecule has 1 N–H and O–H groups in total. The standard InChI is InChI=1S/C9H16N4O2S/c1-7-9(8(2)12-11-7)16(14,15)13-5-3-10-4-6-13/h7,10H,3-6H2,1-2H3/t7-/m1/s1. The van der Waals surface area contributed by atoms with Crippen LogP contribution in [0, 0.1) is 0 Å². The molecule has 6 nitrogen and oxygen atoms in total. The summed E-state index contributed by atoms with van der Waals surface area (Å²) in [6.45, 7) is 5.90. The van der Waals surface area contributed by atoms with Crippen LogP contribution >= 0.6 is 0 Å². The molecule has 0 unspecified atom stereocenters. The molecular weight excluding hydrogens is 228 g/mol. The summed E-state index contributed by atoms with van der Waals surface area (Å²) in [7, 11) is -3.37. The third-order valence-electron chi connectivity index (χ3n) is 2.81. The second-order valence-electron chi connectivity index (χ2n) is 4.00. The van der Waals surface area contributed by atoms with Crippen molar-refractivity contribution in [3.8, 4) is 0 Å². The van der Waals surface area contributed by atoms with E-state index in [1.54, 1.807) is 13.8 Å². The Kier molecular flexibility index (Phi) is 3.09. The van der Waals surface area contributed by atoms with Gasteiger partial charge in [-0.1, -0.05) is 0 Å². The van der Waals surface area contributed by atoms with Gasteiger partial charge >= 0.3 is 0 Å². The molecule has 0 aromatic carbocycles. The van der Waals surface area contributed by atoms with E-state index in [0.717, 1.165) is 0 Å². The fourth-order valence-electron chi connectivity index (χ4n) is 2.00. The lowest BCUT2D eigenvalue weighted by Crippen LogP contribution is -2.47. The highest BCUT2D eigenvalue weighted by Gasteiger charge is 2.35. The van der Waals surface area contributed by atoms with Crippen LogP contribution in [0.25, 0.3) is 0 Å². The lowest BCUT2D eigenvalue weighted by Gasteiger charge is -2.27. The topological polar surface area (TPSA) is 74.1 Å². The average molecular weight is 244 g/mol. The van der Waals surface area contributed by atoms with Gasteiger partial charge in [-0.15, -0.1) is 0 Å². The molecule has 0 spiro atoms. The van der Waals surface area contributed by atoms with Crippen LogP contribution in [0.3, 0.4) is 0 Å². The third-order valence-corrected chi connectivity index (χ3v) is 5.05. The van der Waals surface area contributed by atoms with Crippen LogP contribution in [0.2, 0.25) is 0 Å². The molecule has 0 radical (unpaired) electrons. The Morgan fingerprint density at radius 1 is 1.38 bits per heavy atom. The van der Waals surface area contributed by atoms with Crippen LogP contribution in [0.4, 0.5) is 0 Å². The van der Waals surface area contributed by atoms with Gasteiger partial charge in [0.2, 0.25) is 10.0 Å². The molecule has 0 amide bonds. The maximum atomic E-state index is 12.3. The van der Waals surface area contributed by atoms with E-state index in [9.17, 15) is 8.42 Å². The third kappa shape index (κ3) is 1.90. The summed E-state index contributed by atoms with van der Waals surface area (Å²) in [6, 6.07) is -0.347. The van der Waals surface area contributed by atoms with Gasteiger partial charge in [0.1, 0.15) is 10.9 Å². The van der Waals surface area contributed by atoms with Crippen LogP contribution in [0.5, 0.6) is 0 Å². The number of allylic oxidation sites excluding steroid dienone is 1. The van der Waals surface area contributed by atoms with Gasteiger partial charge in [0.15, 0.2) is 0 Å². The Morgan fingerprint density at radius 2 is 2.00 bits per heavy atom. The second-order valence-corrected chi connectivity index (χ2v) is 5.90. The monoisotopic (exact) mass is 244 g/mol. The van der Waals surface area contributed by atoms with Gasteiger partial charge in [-0.2, -0.15) is 14.5 Å². The van der Waals surface area contributed by atoms with E-state index in [2.05, 4.69) is 15.5 Å². The highest BCUT2D eigenvalue weighted by molar-refractivity contribution is 7.93. The molecule has 90 valence electrons. The van der Waals surface area contributed by atoms with Gasteiger partial charge in [0.05, 0.1) is 5.70 Å². The highest BCUT2D eigenvalue weighted by atomic mass is 32.2. The zero-order valence-corrected chi connectivity index (χ0v) is 10.3. The van der Waals surface area contributed by atoms with Crippen molar-refractivity contribution in [1.29, 1.82) is 0 Å². The largest absolute Gasteiger partial charge is 0.314 e. The molecule has 2 aliphatic rings. The molecule has 1 saturated heterocycles. The molecule has 0 aromatic rings. The van der Waals surface area contributed by atoms with Crippen molar-refractivity contribution in [2.24, 2.45) is 10.2 Å². The van der Waals surface area contributed by atoms with Crippen molar-refractivity contribution in [3.05, 3.63) is 10.6 Å². The lowest BCUT2D eigenvalue weighted by molar-refractivity contribution is 0.362. The molecule has 1 atom stereocenters. The first-order chi connectivity index (χ1) is 7.53. The first-order valence-corrected chi connectivity index (χ1v) is 6.80. The summed E-state index contributed by atoms with van der Waals surface area (Å²) in [6.07, 6.45) is 0. The van der Waals surface area contributed by atoms with E-state index in [0.29, 0.717) is 36.8 Å². The van der Waals surface area contributed by atoms with Crippen LogP contribution in [-0.4, -0.2) is 44.9 Å². The van der Waals surface area contributed by atoms with Gasteiger partial charge in [-0.05, 0) is 13.8 Å². The Hall–Kier alpha value is -0.790. The van der Waals surface area contributed by atoms with Gasteiger partial charge in [0, 0.05) is 26.2 Å². The summed E-state index contributed by atoms with van der Waals surface area (Å²) < 4.78 is 26.2. The van der Waals surface area contributed by atoms with Crippen molar-refractivity contribution in [3.63, 3.8) is 0 Å². The fourth-order valence-corrected chi connectivity index (χ4v) is 3.84. The fraction of sp³-hybridized carbons (Fsp3) is 0.778. The number of sulfonamides is 1. The Balaban J connectivity index is 2.29. The van der Waals surface area contributed by atoms with Crippen molar-refractivity contribution in [2.75, 3.05) is 26.2 Å². The molecule has 7 heteroatoms. The zero-order chi connectivity index (χ0) is 11.8. The molecule has 2 rings (SSSR count). The highest BCUT2D eigenvalue weighted by Crippen LogP contribution is 2.28. The number of hydrogen-bond acceptors (Lipinski definition) is 5. The summed E-state index contributed by atoms with van der Waals surface area (Å²) in [5, 5.41) is 10.9. The summed E-state index contributed by atoms with van der Waals surface area (Å²) in [5.41, 5.74) is 0.519. The zero-order valence-electron chi connectivity index (χ0n) is 9.47. The van der Waals surface area contributed by atoms with Crippen LogP contribution in [0.1, 0.15) is 13.8 Å². The number of azo groups is 1. The van der Waals surface area contributed by atoms with E-state index in [-0.39, 0.29) is 6.04 Å². The maximum absolute atomic E-state index is 12.3. The minimum Gasteiger partial charge on any atom is -0.314 e. The van der Waals surface area contributed by atoms with Gasteiger partial charge in [-0.3, -0.25) is 0 Å². The lowest BCUT2D eigenvalue weighted by atomic mass is 10.3. The maximum Gasteiger partial charge on any atom is 0.243 e. The van der Waals surface area contributed by atoms with Crippen molar-refractivity contribution in [1.82, 2.24) is 9.62 Å². The van der Waals surface area contributed by atoms with Crippen LogP contribution in [0.15, 0.2) is 20.8 Å². The van der Waals surface area contributed by atoms with Crippen molar-refractivity contribution in [2.45, 2.75) is 19.9 Å². The molecule has 2 heterocycles. The molecule has 2 aliphatic heterocycles. The number of nitrogens with zero attached hydrogens (tertiary/aromatic N) is 3. The minimum atomic E-state index is -3.37. The van der Waals surface area contributed by atoms with E-state index in [1.165, 1.54) is 4.31 Å².